The zero-order chi connectivity index (χ0) is 15.1. The van der Waals surface area contributed by atoms with Gasteiger partial charge in [0.25, 0.3) is 0 Å². The maximum absolute atomic E-state index is 11.4. The lowest BCUT2D eigenvalue weighted by Crippen LogP contribution is -2.24. The number of aliphatic carboxylic acids is 1. The fourth-order valence-corrected chi connectivity index (χ4v) is 3.13. The second kappa shape index (κ2) is 5.07. The third-order valence-electron chi connectivity index (χ3n) is 3.97. The number of halogens is 1. The van der Waals surface area contributed by atoms with Gasteiger partial charge in [0.2, 0.25) is 0 Å². The van der Waals surface area contributed by atoms with E-state index in [9.17, 15) is 9.90 Å². The van der Waals surface area contributed by atoms with Gasteiger partial charge in [0, 0.05) is 31.4 Å². The summed E-state index contributed by atoms with van der Waals surface area (Å²) in [5.74, 6) is -1.28. The predicted octanol–water partition coefficient (Wildman–Crippen LogP) is 2.57. The molecule has 1 aromatic heterocycles. The molecule has 0 saturated carbocycles. The smallest absolute Gasteiger partial charge is 0.312 e. The van der Waals surface area contributed by atoms with Gasteiger partial charge in [-0.1, -0.05) is 29.8 Å². The van der Waals surface area contributed by atoms with Crippen LogP contribution in [-0.2, 0) is 18.4 Å². The van der Waals surface area contributed by atoms with Gasteiger partial charge in [-0.25, -0.2) is 0 Å². The zero-order valence-electron chi connectivity index (χ0n) is 11.9. The van der Waals surface area contributed by atoms with Crippen molar-refractivity contribution in [2.45, 2.75) is 19.4 Å². The van der Waals surface area contributed by atoms with E-state index in [1.54, 1.807) is 11.7 Å². The van der Waals surface area contributed by atoms with Crippen LogP contribution in [0.3, 0.4) is 0 Å². The van der Waals surface area contributed by atoms with Crippen molar-refractivity contribution in [3.8, 4) is 0 Å². The highest BCUT2D eigenvalue weighted by Gasteiger charge is 2.33. The summed E-state index contributed by atoms with van der Waals surface area (Å²) in [6.45, 7) is 2.94. The number of para-hydroxylation sites is 1. The molecule has 5 nitrogen and oxygen atoms in total. The van der Waals surface area contributed by atoms with E-state index >= 15 is 0 Å². The Morgan fingerprint density at radius 2 is 2.19 bits per heavy atom. The molecule has 2 aromatic rings. The molecule has 0 bridgehead atoms. The summed E-state index contributed by atoms with van der Waals surface area (Å²) < 4.78 is 1.64. The maximum atomic E-state index is 11.4. The van der Waals surface area contributed by atoms with Gasteiger partial charge in [-0.3, -0.25) is 9.48 Å². The Bertz CT molecular complexity index is 711. The Morgan fingerprint density at radius 3 is 2.81 bits per heavy atom. The Morgan fingerprint density at radius 1 is 1.48 bits per heavy atom. The van der Waals surface area contributed by atoms with Crippen molar-refractivity contribution in [2.75, 3.05) is 11.4 Å². The summed E-state index contributed by atoms with van der Waals surface area (Å²) in [6, 6.07) is 7.64. The van der Waals surface area contributed by atoms with E-state index in [1.807, 2.05) is 31.2 Å². The first-order valence-corrected chi connectivity index (χ1v) is 7.11. The molecule has 1 aromatic carbocycles. The van der Waals surface area contributed by atoms with Crippen molar-refractivity contribution >= 4 is 23.3 Å². The van der Waals surface area contributed by atoms with E-state index in [0.717, 1.165) is 22.5 Å². The normalized spacial score (nSPS) is 17.1. The molecule has 21 heavy (non-hydrogen) atoms. The second-order valence-electron chi connectivity index (χ2n) is 5.31. The molecule has 0 saturated heterocycles. The molecular formula is C15H16ClN3O2. The third kappa shape index (κ3) is 2.27. The van der Waals surface area contributed by atoms with Crippen LogP contribution in [0.4, 0.5) is 5.69 Å². The van der Waals surface area contributed by atoms with E-state index in [4.69, 9.17) is 11.6 Å². The van der Waals surface area contributed by atoms with Gasteiger partial charge in [0.05, 0.1) is 5.69 Å². The molecule has 2 heterocycles. The summed E-state index contributed by atoms with van der Waals surface area (Å²) in [7, 11) is 1.80. The minimum Gasteiger partial charge on any atom is -0.481 e. The summed E-state index contributed by atoms with van der Waals surface area (Å²) in [6.07, 6.45) is 0. The summed E-state index contributed by atoms with van der Waals surface area (Å²) in [5.41, 5.74) is 3.64. The Labute approximate surface area is 127 Å². The van der Waals surface area contributed by atoms with Crippen molar-refractivity contribution in [2.24, 2.45) is 7.05 Å². The number of benzene rings is 1. The predicted molar refractivity (Wildman–Crippen MR) is 80.8 cm³/mol. The van der Waals surface area contributed by atoms with Crippen molar-refractivity contribution in [3.05, 3.63) is 46.2 Å². The number of hydrogen-bond acceptors (Lipinski definition) is 3. The molecule has 0 radical (unpaired) electrons. The lowest BCUT2D eigenvalue weighted by atomic mass is 10.0. The number of aryl methyl sites for hydroxylation is 2. The molecule has 1 N–H and O–H groups in total. The first kappa shape index (κ1) is 13.9. The molecule has 0 spiro atoms. The average Bonchev–Trinajstić information content (AvgIpc) is 2.93. The second-order valence-corrected chi connectivity index (χ2v) is 5.67. The lowest BCUT2D eigenvalue weighted by molar-refractivity contribution is -0.138. The van der Waals surface area contributed by atoms with Crippen LogP contribution in [-0.4, -0.2) is 27.4 Å². The van der Waals surface area contributed by atoms with Gasteiger partial charge >= 0.3 is 5.97 Å². The van der Waals surface area contributed by atoms with Crippen molar-refractivity contribution in [1.29, 1.82) is 0 Å². The van der Waals surface area contributed by atoms with Crippen LogP contribution in [0.5, 0.6) is 0 Å². The molecule has 0 amide bonds. The molecule has 1 unspecified atom stereocenters. The standard InChI is InChI=1S/C15H16ClN3O2/c1-9-11(14(16)18(2)17-9)7-19-8-12(15(20)21)10-5-3-4-6-13(10)19/h3-6,12H,7-8H2,1-2H3,(H,20,21). The van der Waals surface area contributed by atoms with E-state index in [1.165, 1.54) is 0 Å². The molecular weight excluding hydrogens is 290 g/mol. The molecule has 1 atom stereocenters. The highest BCUT2D eigenvalue weighted by atomic mass is 35.5. The first-order chi connectivity index (χ1) is 9.99. The summed E-state index contributed by atoms with van der Waals surface area (Å²) in [4.78, 5) is 13.5. The van der Waals surface area contributed by atoms with Crippen LogP contribution >= 0.6 is 11.6 Å². The number of carboxylic acid groups (broad SMARTS) is 1. The summed E-state index contributed by atoms with van der Waals surface area (Å²) >= 11 is 6.28. The topological polar surface area (TPSA) is 58.4 Å². The Hall–Kier alpha value is -2.01. The van der Waals surface area contributed by atoms with Crippen LogP contribution in [0.2, 0.25) is 5.15 Å². The van der Waals surface area contributed by atoms with E-state index in [0.29, 0.717) is 18.2 Å². The van der Waals surface area contributed by atoms with E-state index in [2.05, 4.69) is 10.00 Å². The molecule has 1 aliphatic heterocycles. The van der Waals surface area contributed by atoms with Crippen molar-refractivity contribution in [3.63, 3.8) is 0 Å². The fraction of sp³-hybridized carbons (Fsp3) is 0.333. The van der Waals surface area contributed by atoms with Gasteiger partial charge in [-0.15, -0.1) is 0 Å². The minimum absolute atomic E-state index is 0.458. The molecule has 3 rings (SSSR count). The van der Waals surface area contributed by atoms with Crippen LogP contribution in [0.1, 0.15) is 22.7 Å². The maximum Gasteiger partial charge on any atom is 0.312 e. The zero-order valence-corrected chi connectivity index (χ0v) is 12.6. The molecule has 1 aliphatic rings. The number of anilines is 1. The monoisotopic (exact) mass is 305 g/mol. The molecule has 6 heteroatoms. The number of carbonyl (C=O) groups is 1. The van der Waals surface area contributed by atoms with Gasteiger partial charge in [-0.2, -0.15) is 5.10 Å². The number of hydrogen-bond donors (Lipinski definition) is 1. The average molecular weight is 306 g/mol. The Kier molecular flexibility index (Phi) is 3.37. The summed E-state index contributed by atoms with van der Waals surface area (Å²) in [5, 5.41) is 14.3. The first-order valence-electron chi connectivity index (χ1n) is 6.73. The van der Waals surface area contributed by atoms with Gasteiger partial charge in [0.1, 0.15) is 11.1 Å². The van der Waals surface area contributed by atoms with E-state index < -0.39 is 11.9 Å². The van der Waals surface area contributed by atoms with Crippen LogP contribution < -0.4 is 4.90 Å². The van der Waals surface area contributed by atoms with Crippen molar-refractivity contribution in [1.82, 2.24) is 9.78 Å². The number of carboxylic acids is 1. The number of rotatable bonds is 3. The van der Waals surface area contributed by atoms with Crippen molar-refractivity contribution < 1.29 is 9.90 Å². The fourth-order valence-electron chi connectivity index (χ4n) is 2.89. The number of fused-ring (bicyclic) bond motifs is 1. The molecule has 0 fully saturated rings. The van der Waals surface area contributed by atoms with Crippen LogP contribution in [0.15, 0.2) is 24.3 Å². The quantitative estimate of drug-likeness (QED) is 0.947. The highest BCUT2D eigenvalue weighted by Crippen LogP contribution is 2.38. The van der Waals surface area contributed by atoms with Gasteiger partial charge < -0.3 is 10.0 Å². The lowest BCUT2D eigenvalue weighted by Gasteiger charge is -2.19. The number of aromatic nitrogens is 2. The minimum atomic E-state index is -0.793. The van der Waals surface area contributed by atoms with Gasteiger partial charge in [-0.05, 0) is 18.6 Å². The van der Waals surface area contributed by atoms with Crippen LogP contribution in [0.25, 0.3) is 0 Å². The SMILES string of the molecule is Cc1nn(C)c(Cl)c1CN1CC(C(=O)O)c2ccccc21. The Balaban J connectivity index is 1.96. The molecule has 0 aliphatic carbocycles. The largest absolute Gasteiger partial charge is 0.481 e. The highest BCUT2D eigenvalue weighted by molar-refractivity contribution is 6.30. The van der Waals surface area contributed by atoms with Gasteiger partial charge in [0.15, 0.2) is 0 Å². The van der Waals surface area contributed by atoms with Crippen LogP contribution in [0, 0.1) is 6.92 Å². The van der Waals surface area contributed by atoms with E-state index in [-0.39, 0.29) is 0 Å². The third-order valence-corrected chi connectivity index (χ3v) is 4.45. The molecule has 110 valence electrons. The number of nitrogens with zero attached hydrogens (tertiary/aromatic N) is 3.